The Morgan fingerprint density at radius 2 is 2.21 bits per heavy atom. The zero-order valence-corrected chi connectivity index (χ0v) is 16.2. The zero-order valence-electron chi connectivity index (χ0n) is 16.2. The van der Waals surface area contributed by atoms with E-state index >= 15 is 0 Å². The molecule has 2 aromatic heterocycles. The van der Waals surface area contributed by atoms with Crippen molar-refractivity contribution in [1.82, 2.24) is 15.5 Å². The van der Waals surface area contributed by atoms with Gasteiger partial charge in [0.05, 0.1) is 31.4 Å². The molecule has 1 fully saturated rings. The van der Waals surface area contributed by atoms with Crippen LogP contribution in [0.25, 0.3) is 10.9 Å². The Morgan fingerprint density at radius 1 is 1.36 bits per heavy atom. The molecular weight excluding hydrogens is 358 g/mol. The molecule has 0 bridgehead atoms. The highest BCUT2D eigenvalue weighted by Gasteiger charge is 2.28. The van der Waals surface area contributed by atoms with Gasteiger partial charge in [-0.25, -0.2) is 0 Å². The van der Waals surface area contributed by atoms with Crippen molar-refractivity contribution in [1.29, 1.82) is 0 Å². The van der Waals surface area contributed by atoms with E-state index in [2.05, 4.69) is 15.5 Å². The SMILES string of the molecule is Cc1noc(C)c1CO[C@@H]1COCC[C@H]1NC(=O)Cc1c[nH]c2ccccc12. The van der Waals surface area contributed by atoms with Crippen LogP contribution in [-0.2, 0) is 27.3 Å². The summed E-state index contributed by atoms with van der Waals surface area (Å²) in [6.07, 6.45) is 2.76. The third-order valence-corrected chi connectivity index (χ3v) is 5.30. The first kappa shape index (κ1) is 18.7. The summed E-state index contributed by atoms with van der Waals surface area (Å²) in [5, 5.41) is 8.17. The van der Waals surface area contributed by atoms with E-state index in [0.29, 0.717) is 26.2 Å². The summed E-state index contributed by atoms with van der Waals surface area (Å²) in [6, 6.07) is 7.92. The number of H-pyrrole nitrogens is 1. The Kier molecular flexibility index (Phi) is 5.45. The minimum Gasteiger partial charge on any atom is -0.379 e. The molecule has 1 aliphatic heterocycles. The third kappa shape index (κ3) is 3.95. The summed E-state index contributed by atoms with van der Waals surface area (Å²) >= 11 is 0. The van der Waals surface area contributed by atoms with E-state index in [4.69, 9.17) is 14.0 Å². The molecule has 4 rings (SSSR count). The predicted octanol–water partition coefficient (Wildman–Crippen LogP) is 2.81. The number of fused-ring (bicyclic) bond motifs is 1. The first-order chi connectivity index (χ1) is 13.6. The Morgan fingerprint density at radius 3 is 3.04 bits per heavy atom. The molecular formula is C21H25N3O4. The molecule has 7 heteroatoms. The Hall–Kier alpha value is -2.64. The fourth-order valence-electron chi connectivity index (χ4n) is 3.65. The minimum absolute atomic E-state index is 0.0115. The van der Waals surface area contributed by atoms with Gasteiger partial charge in [0.25, 0.3) is 0 Å². The number of ether oxygens (including phenoxy) is 2. The molecule has 2 N–H and O–H groups in total. The van der Waals surface area contributed by atoms with Gasteiger partial charge in [-0.2, -0.15) is 0 Å². The van der Waals surface area contributed by atoms with Crippen LogP contribution in [0.3, 0.4) is 0 Å². The van der Waals surface area contributed by atoms with Crippen LogP contribution in [-0.4, -0.2) is 41.4 Å². The average molecular weight is 383 g/mol. The Bertz CT molecular complexity index is 942. The smallest absolute Gasteiger partial charge is 0.224 e. The molecule has 3 heterocycles. The van der Waals surface area contributed by atoms with Crippen molar-refractivity contribution in [3.8, 4) is 0 Å². The predicted molar refractivity (Wildman–Crippen MR) is 104 cm³/mol. The summed E-state index contributed by atoms with van der Waals surface area (Å²) in [4.78, 5) is 15.9. The van der Waals surface area contributed by atoms with Gasteiger partial charge in [0.2, 0.25) is 5.91 Å². The van der Waals surface area contributed by atoms with Crippen LogP contribution in [0.15, 0.2) is 35.0 Å². The second-order valence-corrected chi connectivity index (χ2v) is 7.23. The fourth-order valence-corrected chi connectivity index (χ4v) is 3.65. The van der Waals surface area contributed by atoms with Crippen molar-refractivity contribution in [2.45, 2.75) is 45.4 Å². The van der Waals surface area contributed by atoms with Crippen molar-refractivity contribution >= 4 is 16.8 Å². The highest BCUT2D eigenvalue weighted by atomic mass is 16.5. The molecule has 148 valence electrons. The molecule has 0 saturated carbocycles. The molecule has 0 unspecified atom stereocenters. The second kappa shape index (κ2) is 8.16. The molecule has 0 radical (unpaired) electrons. The summed E-state index contributed by atoms with van der Waals surface area (Å²) in [5.74, 6) is 0.747. The van der Waals surface area contributed by atoms with Gasteiger partial charge in [0.15, 0.2) is 0 Å². The lowest BCUT2D eigenvalue weighted by Crippen LogP contribution is -2.50. The van der Waals surface area contributed by atoms with E-state index in [9.17, 15) is 4.79 Å². The van der Waals surface area contributed by atoms with E-state index in [0.717, 1.165) is 39.9 Å². The summed E-state index contributed by atoms with van der Waals surface area (Å²) < 4.78 is 16.8. The third-order valence-electron chi connectivity index (χ3n) is 5.30. The molecule has 1 amide bonds. The summed E-state index contributed by atoms with van der Waals surface area (Å²) in [5.41, 5.74) is 3.81. The number of aromatic nitrogens is 2. The number of aromatic amines is 1. The van der Waals surface area contributed by atoms with Crippen molar-refractivity contribution in [3.05, 3.63) is 53.0 Å². The number of rotatable bonds is 6. The van der Waals surface area contributed by atoms with Crippen LogP contribution in [0.5, 0.6) is 0 Å². The molecule has 0 spiro atoms. The lowest BCUT2D eigenvalue weighted by molar-refractivity contribution is -0.126. The van der Waals surface area contributed by atoms with Crippen LogP contribution in [0.1, 0.15) is 29.0 Å². The van der Waals surface area contributed by atoms with E-state index < -0.39 is 0 Å². The van der Waals surface area contributed by atoms with Crippen LogP contribution in [0.2, 0.25) is 0 Å². The molecule has 7 nitrogen and oxygen atoms in total. The number of aryl methyl sites for hydroxylation is 2. The topological polar surface area (TPSA) is 89.4 Å². The van der Waals surface area contributed by atoms with Crippen LogP contribution in [0.4, 0.5) is 0 Å². The van der Waals surface area contributed by atoms with Crippen LogP contribution in [0, 0.1) is 13.8 Å². The maximum atomic E-state index is 12.7. The number of amides is 1. The molecule has 1 aliphatic rings. The van der Waals surface area contributed by atoms with Gasteiger partial charge in [-0.05, 0) is 31.9 Å². The largest absolute Gasteiger partial charge is 0.379 e. The van der Waals surface area contributed by atoms with Gasteiger partial charge in [0.1, 0.15) is 11.9 Å². The normalized spacial score (nSPS) is 19.8. The van der Waals surface area contributed by atoms with Gasteiger partial charge >= 0.3 is 0 Å². The molecule has 1 saturated heterocycles. The molecule has 2 atom stereocenters. The van der Waals surface area contributed by atoms with Crippen molar-refractivity contribution in [2.24, 2.45) is 0 Å². The monoisotopic (exact) mass is 383 g/mol. The maximum Gasteiger partial charge on any atom is 0.224 e. The van der Waals surface area contributed by atoms with E-state index in [1.165, 1.54) is 0 Å². The van der Waals surface area contributed by atoms with Gasteiger partial charge in [-0.1, -0.05) is 23.4 Å². The van der Waals surface area contributed by atoms with Gasteiger partial charge in [-0.3, -0.25) is 4.79 Å². The first-order valence-corrected chi connectivity index (χ1v) is 9.57. The van der Waals surface area contributed by atoms with Crippen molar-refractivity contribution in [3.63, 3.8) is 0 Å². The van der Waals surface area contributed by atoms with Crippen LogP contribution >= 0.6 is 0 Å². The quantitative estimate of drug-likeness (QED) is 0.683. The minimum atomic E-state index is -0.200. The number of carbonyl (C=O) groups excluding carboxylic acids is 1. The van der Waals surface area contributed by atoms with Crippen molar-refractivity contribution < 1.29 is 18.8 Å². The maximum absolute atomic E-state index is 12.7. The summed E-state index contributed by atoms with van der Waals surface area (Å²) in [7, 11) is 0. The molecule has 28 heavy (non-hydrogen) atoms. The van der Waals surface area contributed by atoms with Gasteiger partial charge in [-0.15, -0.1) is 0 Å². The molecule has 1 aromatic carbocycles. The van der Waals surface area contributed by atoms with Gasteiger partial charge in [0, 0.05) is 29.3 Å². The number of hydrogen-bond acceptors (Lipinski definition) is 5. The van der Waals surface area contributed by atoms with Gasteiger partial charge < -0.3 is 24.3 Å². The van der Waals surface area contributed by atoms with E-state index in [-0.39, 0.29) is 18.1 Å². The number of para-hydroxylation sites is 1. The Balaban J connectivity index is 1.38. The highest BCUT2D eigenvalue weighted by Crippen LogP contribution is 2.20. The summed E-state index contributed by atoms with van der Waals surface area (Å²) in [6.45, 7) is 5.23. The van der Waals surface area contributed by atoms with E-state index in [1.54, 1.807) is 0 Å². The first-order valence-electron chi connectivity index (χ1n) is 9.57. The lowest BCUT2D eigenvalue weighted by atomic mass is 10.0. The van der Waals surface area contributed by atoms with Crippen LogP contribution < -0.4 is 5.32 Å². The number of hydrogen-bond donors (Lipinski definition) is 2. The molecule has 0 aliphatic carbocycles. The number of nitrogens with one attached hydrogen (secondary N) is 2. The number of carbonyl (C=O) groups is 1. The van der Waals surface area contributed by atoms with Crippen molar-refractivity contribution in [2.75, 3.05) is 13.2 Å². The fraction of sp³-hybridized carbons (Fsp3) is 0.429. The second-order valence-electron chi connectivity index (χ2n) is 7.23. The average Bonchev–Trinajstić information content (AvgIpc) is 3.24. The van der Waals surface area contributed by atoms with E-state index in [1.807, 2.05) is 44.3 Å². The number of benzene rings is 1. The Labute approximate surface area is 163 Å². The molecule has 3 aromatic rings. The lowest BCUT2D eigenvalue weighted by Gasteiger charge is -2.32. The standard InChI is InChI=1S/C21H25N3O4/c1-13-17(14(2)28-24-13)11-27-20-12-26-8-7-19(20)23-21(25)9-15-10-22-18-6-4-3-5-16(15)18/h3-6,10,19-20,22H,7-9,11-12H2,1-2H3,(H,23,25)/t19-,20-/m1/s1. The highest BCUT2D eigenvalue weighted by molar-refractivity contribution is 5.88. The zero-order chi connectivity index (χ0) is 19.5. The number of nitrogens with zero attached hydrogens (tertiary/aromatic N) is 1.